The molecular weight excluding hydrogens is 764 g/mol. The number of nitrogens with one attached hydrogen (secondary N) is 1. The zero-order valence-corrected chi connectivity index (χ0v) is 31.5. The van der Waals surface area contributed by atoms with Crippen LogP contribution in [-0.4, -0.2) is 79.3 Å². The maximum absolute atomic E-state index is 14.7. The number of halogens is 4. The molecule has 282 valence electrons. The van der Waals surface area contributed by atoms with E-state index in [9.17, 15) is 23.2 Å². The molecule has 0 fully saturated rings. The van der Waals surface area contributed by atoms with Crippen molar-refractivity contribution in [3.8, 4) is 11.1 Å². The van der Waals surface area contributed by atoms with E-state index in [0.29, 0.717) is 69.5 Å². The first kappa shape index (κ1) is 44.2. The fraction of sp³-hybridized carbons (Fsp3) is 0.342. The predicted octanol–water partition coefficient (Wildman–Crippen LogP) is 6.34. The summed E-state index contributed by atoms with van der Waals surface area (Å²) in [7, 11) is 0. The van der Waals surface area contributed by atoms with Crippen LogP contribution in [0.15, 0.2) is 66.9 Å². The van der Waals surface area contributed by atoms with Gasteiger partial charge in [0, 0.05) is 46.3 Å². The van der Waals surface area contributed by atoms with E-state index in [2.05, 4.69) is 20.9 Å². The van der Waals surface area contributed by atoms with Gasteiger partial charge in [-0.05, 0) is 67.6 Å². The lowest BCUT2D eigenvalue weighted by molar-refractivity contribution is -0.118. The van der Waals surface area contributed by atoms with Crippen molar-refractivity contribution in [1.29, 1.82) is 0 Å². The number of aromatic amines is 1. The maximum atomic E-state index is 14.7. The number of H-pyrrole nitrogens is 1. The maximum Gasteiger partial charge on any atom is 0.250 e. The van der Waals surface area contributed by atoms with E-state index in [1.165, 1.54) is 13.1 Å². The van der Waals surface area contributed by atoms with Crippen LogP contribution < -0.4 is 11.5 Å². The second kappa shape index (κ2) is 24.3. The summed E-state index contributed by atoms with van der Waals surface area (Å²) in [6.07, 6.45) is 2.93. The minimum atomic E-state index is -0.860. The van der Waals surface area contributed by atoms with E-state index in [4.69, 9.17) is 42.4 Å². The summed E-state index contributed by atoms with van der Waals surface area (Å²) in [5.41, 5.74) is 12.4. The number of hydrogen-bond donors (Lipinski definition) is 4. The van der Waals surface area contributed by atoms with E-state index in [1.54, 1.807) is 30.3 Å². The molecule has 10 nitrogen and oxygen atoms in total. The van der Waals surface area contributed by atoms with Crippen molar-refractivity contribution >= 4 is 45.1 Å². The van der Waals surface area contributed by atoms with Gasteiger partial charge in [0.25, 0.3) is 5.91 Å². The summed E-state index contributed by atoms with van der Waals surface area (Å²) in [6.45, 7) is 6.73. The number of carbonyl (C=O) groups excluding carboxylic acids is 3. The van der Waals surface area contributed by atoms with Gasteiger partial charge in [-0.1, -0.05) is 63.9 Å². The van der Waals surface area contributed by atoms with Gasteiger partial charge in [0.2, 0.25) is 11.7 Å². The van der Waals surface area contributed by atoms with Crippen LogP contribution in [0.3, 0.4) is 0 Å². The Labute approximate surface area is 315 Å². The van der Waals surface area contributed by atoms with E-state index in [-0.39, 0.29) is 40.5 Å². The molecule has 6 N–H and O–H groups in total. The van der Waals surface area contributed by atoms with Crippen molar-refractivity contribution in [1.82, 2.24) is 4.98 Å². The van der Waals surface area contributed by atoms with Crippen molar-refractivity contribution in [3.05, 3.63) is 117 Å². The Bertz CT molecular complexity index is 1720. The summed E-state index contributed by atoms with van der Waals surface area (Å²) in [5.74, 6) is -3.04. The number of aliphatic hydroxyl groups is 1. The Morgan fingerprint density at radius 1 is 0.846 bits per heavy atom. The van der Waals surface area contributed by atoms with Crippen LogP contribution in [-0.2, 0) is 31.8 Å². The lowest BCUT2D eigenvalue weighted by atomic mass is 9.93. The molecular formula is C38H45BrClF2N3O7. The second-order valence-corrected chi connectivity index (χ2v) is 12.3. The molecule has 0 spiro atoms. The third-order valence-corrected chi connectivity index (χ3v) is 7.86. The number of aryl methyl sites for hydroxylation is 1. The molecule has 14 heteroatoms. The molecule has 1 heterocycles. The van der Waals surface area contributed by atoms with Gasteiger partial charge in [-0.25, -0.2) is 8.78 Å². The average molecular weight is 809 g/mol. The van der Waals surface area contributed by atoms with E-state index in [1.807, 2.05) is 25.1 Å². The van der Waals surface area contributed by atoms with Crippen LogP contribution >= 0.6 is 27.5 Å². The van der Waals surface area contributed by atoms with Gasteiger partial charge in [0.1, 0.15) is 11.6 Å². The van der Waals surface area contributed by atoms with Gasteiger partial charge in [0.15, 0.2) is 0 Å². The smallest absolute Gasteiger partial charge is 0.250 e. The first-order valence-corrected chi connectivity index (χ1v) is 18.0. The number of alkyl halides is 1. The molecule has 0 bridgehead atoms. The Hall–Kier alpha value is -3.98. The van der Waals surface area contributed by atoms with Gasteiger partial charge < -0.3 is 35.8 Å². The van der Waals surface area contributed by atoms with Crippen molar-refractivity contribution in [2.75, 3.05) is 51.6 Å². The highest BCUT2D eigenvalue weighted by Gasteiger charge is 2.27. The molecule has 52 heavy (non-hydrogen) atoms. The van der Waals surface area contributed by atoms with Gasteiger partial charge in [-0.15, -0.1) is 0 Å². The summed E-state index contributed by atoms with van der Waals surface area (Å²) in [6, 6.07) is 16.2. The number of nitrogens with two attached hydrogens (primary N) is 2. The standard InChI is InChI=1S/C25H25BrF2N2O4.C9H10ClNO.C4H10O2/c1-15-19(27)6-7-20(28)21(15)22-18(25(29)32)14-30-23(22)24(31)17-4-2-16(3-5-17)8-10-33-12-13-34-11-9-26;10-8-3-1-2-7(6-8)4-5-9(11)12;1-2-6-4-3-5/h2-7,14,30H,8-13H2,1H3,(H2,29,32);1-3,6H,4-5H2,(H2,11,12);5H,2-4H2,1H3. The first-order valence-electron chi connectivity index (χ1n) is 16.5. The number of hydrogen-bond acceptors (Lipinski definition) is 7. The fourth-order valence-corrected chi connectivity index (χ4v) is 5.16. The topological polar surface area (TPSA) is 167 Å². The van der Waals surface area contributed by atoms with Crippen LogP contribution in [0.2, 0.25) is 5.02 Å². The Balaban J connectivity index is 0.000000426. The lowest BCUT2D eigenvalue weighted by Gasteiger charge is -2.11. The quantitative estimate of drug-likeness (QED) is 0.0517. The molecule has 3 aromatic carbocycles. The van der Waals surface area contributed by atoms with Crippen molar-refractivity contribution in [2.45, 2.75) is 33.1 Å². The molecule has 2 amide bonds. The monoisotopic (exact) mass is 807 g/mol. The molecule has 0 saturated carbocycles. The van der Waals surface area contributed by atoms with Crippen LogP contribution in [0.5, 0.6) is 0 Å². The van der Waals surface area contributed by atoms with Gasteiger partial charge in [0.05, 0.1) is 50.9 Å². The lowest BCUT2D eigenvalue weighted by Crippen LogP contribution is -2.13. The fourth-order valence-electron chi connectivity index (χ4n) is 4.72. The van der Waals surface area contributed by atoms with Gasteiger partial charge in [-0.3, -0.25) is 14.4 Å². The number of primary amides is 2. The number of benzene rings is 3. The summed E-state index contributed by atoms with van der Waals surface area (Å²) >= 11 is 9.03. The van der Waals surface area contributed by atoms with Gasteiger partial charge >= 0.3 is 0 Å². The number of aromatic nitrogens is 1. The highest BCUT2D eigenvalue weighted by Crippen LogP contribution is 2.35. The number of ether oxygens (including phenoxy) is 3. The number of rotatable bonds is 18. The third-order valence-electron chi connectivity index (χ3n) is 7.30. The SMILES string of the molecule is CCOCCO.Cc1c(F)ccc(F)c1-c1c(C(N)=O)c[nH]c1C(=O)c1ccc(CCOCCOCCBr)cc1.NC(=O)CCc1cccc(Cl)c1. The predicted molar refractivity (Wildman–Crippen MR) is 201 cm³/mol. The van der Waals surface area contributed by atoms with Gasteiger partial charge in [-0.2, -0.15) is 0 Å². The molecule has 4 aromatic rings. The van der Waals surface area contributed by atoms with E-state index < -0.39 is 23.3 Å². The van der Waals surface area contributed by atoms with Crippen LogP contribution in [0, 0.1) is 18.6 Å². The number of ketones is 1. The Morgan fingerprint density at radius 3 is 2.10 bits per heavy atom. The van der Waals surface area contributed by atoms with Crippen molar-refractivity contribution < 1.29 is 42.5 Å². The van der Waals surface area contributed by atoms with Crippen molar-refractivity contribution in [2.24, 2.45) is 11.5 Å². The van der Waals surface area contributed by atoms with Crippen LogP contribution in [0.1, 0.15) is 56.4 Å². The first-order chi connectivity index (χ1) is 24.9. The largest absolute Gasteiger partial charge is 0.394 e. The molecule has 0 aliphatic heterocycles. The summed E-state index contributed by atoms with van der Waals surface area (Å²) in [5, 5.41) is 9.54. The number of aliphatic hydroxyl groups excluding tert-OH is 1. The van der Waals surface area contributed by atoms with E-state index >= 15 is 0 Å². The molecule has 0 atom stereocenters. The average Bonchev–Trinajstić information content (AvgIpc) is 3.57. The molecule has 1 aromatic heterocycles. The molecule has 0 aliphatic carbocycles. The van der Waals surface area contributed by atoms with E-state index in [0.717, 1.165) is 28.6 Å². The zero-order valence-electron chi connectivity index (χ0n) is 29.2. The molecule has 0 aliphatic rings. The molecule has 4 rings (SSSR count). The normalized spacial score (nSPS) is 10.5. The minimum Gasteiger partial charge on any atom is -0.394 e. The summed E-state index contributed by atoms with van der Waals surface area (Å²) in [4.78, 5) is 38.4. The molecule has 0 unspecified atom stereocenters. The zero-order chi connectivity index (χ0) is 38.5. The highest BCUT2D eigenvalue weighted by atomic mass is 79.9. The Morgan fingerprint density at radius 2 is 1.52 bits per heavy atom. The van der Waals surface area contributed by atoms with Crippen LogP contribution in [0.25, 0.3) is 11.1 Å². The third kappa shape index (κ3) is 14.9. The molecule has 0 saturated heterocycles. The van der Waals surface area contributed by atoms with Crippen LogP contribution in [0.4, 0.5) is 8.78 Å². The minimum absolute atomic E-state index is 0.0240. The molecule has 0 radical (unpaired) electrons. The Kier molecular flexibility index (Phi) is 20.6. The summed E-state index contributed by atoms with van der Waals surface area (Å²) < 4.78 is 44.5. The second-order valence-electron chi connectivity index (χ2n) is 11.1. The number of carbonyl (C=O) groups is 3. The van der Waals surface area contributed by atoms with Crippen molar-refractivity contribution in [3.63, 3.8) is 0 Å². The highest BCUT2D eigenvalue weighted by molar-refractivity contribution is 9.09. The number of amides is 2.